The van der Waals surface area contributed by atoms with Crippen molar-refractivity contribution in [3.8, 4) is 0 Å². The second-order valence-corrected chi connectivity index (χ2v) is 6.19. The van der Waals surface area contributed by atoms with Crippen LogP contribution in [0, 0.1) is 5.92 Å². The fourth-order valence-electron chi connectivity index (χ4n) is 2.39. The first-order valence-electron chi connectivity index (χ1n) is 6.61. The fraction of sp³-hybridized carbons (Fsp3) is 0.923. The summed E-state index contributed by atoms with van der Waals surface area (Å²) >= 11 is 0. The van der Waals surface area contributed by atoms with Gasteiger partial charge in [0.05, 0.1) is 0 Å². The molecule has 0 saturated carbocycles. The van der Waals surface area contributed by atoms with Crippen molar-refractivity contribution in [1.29, 1.82) is 0 Å². The summed E-state index contributed by atoms with van der Waals surface area (Å²) in [6.07, 6.45) is 1.71. The first-order valence-corrected chi connectivity index (χ1v) is 6.61. The molecule has 2 rings (SSSR count). The van der Waals surface area contributed by atoms with Crippen molar-refractivity contribution in [2.45, 2.75) is 45.3 Å². The van der Waals surface area contributed by atoms with E-state index >= 15 is 0 Å². The standard InChI is InChI=1S/C13H24N2O2/c1-13(2,3)15-8-10(9-15)7-14-12(16)11-5-4-6-17-11/h10-11H,4-9H2,1-3H3,(H,14,16). The lowest BCUT2D eigenvalue weighted by Crippen LogP contribution is -2.58. The van der Waals surface area contributed by atoms with Crippen LogP contribution in [0.1, 0.15) is 33.6 Å². The van der Waals surface area contributed by atoms with E-state index in [4.69, 9.17) is 4.74 Å². The van der Waals surface area contributed by atoms with E-state index in [-0.39, 0.29) is 17.6 Å². The van der Waals surface area contributed by atoms with E-state index in [2.05, 4.69) is 31.0 Å². The van der Waals surface area contributed by atoms with Crippen LogP contribution in [0.5, 0.6) is 0 Å². The average molecular weight is 240 g/mol. The van der Waals surface area contributed by atoms with Crippen LogP contribution in [0.2, 0.25) is 0 Å². The van der Waals surface area contributed by atoms with Gasteiger partial charge in [0.25, 0.3) is 0 Å². The van der Waals surface area contributed by atoms with E-state index in [1.54, 1.807) is 0 Å². The number of nitrogens with zero attached hydrogens (tertiary/aromatic N) is 1. The summed E-state index contributed by atoms with van der Waals surface area (Å²) in [6, 6.07) is 0. The summed E-state index contributed by atoms with van der Waals surface area (Å²) in [5.74, 6) is 0.691. The lowest BCUT2D eigenvalue weighted by Gasteiger charge is -2.47. The molecule has 0 bridgehead atoms. The van der Waals surface area contributed by atoms with Gasteiger partial charge >= 0.3 is 0 Å². The molecule has 0 aromatic rings. The summed E-state index contributed by atoms with van der Waals surface area (Å²) in [5, 5.41) is 3.01. The van der Waals surface area contributed by atoms with Crippen molar-refractivity contribution in [3.05, 3.63) is 0 Å². The molecule has 0 radical (unpaired) electrons. The van der Waals surface area contributed by atoms with Crippen LogP contribution in [-0.4, -0.2) is 48.7 Å². The molecular weight excluding hydrogens is 216 g/mol. The van der Waals surface area contributed by atoms with Gasteiger partial charge < -0.3 is 10.1 Å². The molecule has 1 atom stereocenters. The molecule has 2 heterocycles. The second-order valence-electron chi connectivity index (χ2n) is 6.19. The Morgan fingerprint density at radius 1 is 1.41 bits per heavy atom. The lowest BCUT2D eigenvalue weighted by atomic mass is 9.92. The summed E-state index contributed by atoms with van der Waals surface area (Å²) in [7, 11) is 0. The van der Waals surface area contributed by atoms with Gasteiger partial charge in [-0.25, -0.2) is 0 Å². The molecule has 0 spiro atoms. The number of ether oxygens (including phenoxy) is 1. The lowest BCUT2D eigenvalue weighted by molar-refractivity contribution is -0.130. The molecule has 2 aliphatic rings. The maximum Gasteiger partial charge on any atom is 0.249 e. The first-order chi connectivity index (χ1) is 7.97. The van der Waals surface area contributed by atoms with Crippen LogP contribution < -0.4 is 5.32 Å². The molecular formula is C13H24N2O2. The Bertz CT molecular complexity index is 274. The number of amides is 1. The van der Waals surface area contributed by atoms with E-state index in [1.165, 1.54) is 0 Å². The predicted octanol–water partition coefficient (Wildman–Crippen LogP) is 1.01. The fourth-order valence-corrected chi connectivity index (χ4v) is 2.39. The Kier molecular flexibility index (Phi) is 3.73. The molecule has 4 nitrogen and oxygen atoms in total. The topological polar surface area (TPSA) is 41.6 Å². The minimum Gasteiger partial charge on any atom is -0.368 e. The zero-order valence-electron chi connectivity index (χ0n) is 11.2. The molecule has 98 valence electrons. The largest absolute Gasteiger partial charge is 0.368 e. The van der Waals surface area contributed by atoms with E-state index in [1.807, 2.05) is 0 Å². The van der Waals surface area contributed by atoms with Crippen molar-refractivity contribution in [1.82, 2.24) is 10.2 Å². The predicted molar refractivity (Wildman–Crippen MR) is 66.8 cm³/mol. The molecule has 4 heteroatoms. The normalized spacial score (nSPS) is 26.9. The molecule has 2 saturated heterocycles. The highest BCUT2D eigenvalue weighted by atomic mass is 16.5. The molecule has 0 aromatic carbocycles. The minimum absolute atomic E-state index is 0.0803. The molecule has 1 unspecified atom stereocenters. The second kappa shape index (κ2) is 4.94. The number of likely N-dealkylation sites (tertiary alicyclic amines) is 1. The third-order valence-electron chi connectivity index (χ3n) is 3.69. The number of hydrogen-bond donors (Lipinski definition) is 1. The molecule has 0 aromatic heterocycles. The van der Waals surface area contributed by atoms with Crippen molar-refractivity contribution >= 4 is 5.91 Å². The molecule has 2 aliphatic heterocycles. The Labute approximate surface area is 104 Å². The molecule has 2 fully saturated rings. The van der Waals surface area contributed by atoms with E-state index < -0.39 is 0 Å². The van der Waals surface area contributed by atoms with Crippen molar-refractivity contribution in [2.24, 2.45) is 5.92 Å². The van der Waals surface area contributed by atoms with Gasteiger partial charge in [0.1, 0.15) is 6.10 Å². The van der Waals surface area contributed by atoms with Gasteiger partial charge in [-0.3, -0.25) is 9.69 Å². The highest BCUT2D eigenvalue weighted by molar-refractivity contribution is 5.80. The zero-order chi connectivity index (χ0) is 12.5. The molecule has 1 amide bonds. The van der Waals surface area contributed by atoms with Gasteiger partial charge in [0, 0.05) is 37.7 Å². The van der Waals surface area contributed by atoms with E-state index in [0.29, 0.717) is 5.92 Å². The maximum absolute atomic E-state index is 11.7. The van der Waals surface area contributed by atoms with E-state index in [0.717, 1.165) is 39.1 Å². The molecule has 17 heavy (non-hydrogen) atoms. The molecule has 0 aliphatic carbocycles. The van der Waals surface area contributed by atoms with Crippen LogP contribution in [-0.2, 0) is 9.53 Å². The van der Waals surface area contributed by atoms with E-state index in [9.17, 15) is 4.79 Å². The zero-order valence-corrected chi connectivity index (χ0v) is 11.2. The number of hydrogen-bond acceptors (Lipinski definition) is 3. The van der Waals surface area contributed by atoms with Gasteiger partial charge in [-0.1, -0.05) is 0 Å². The Morgan fingerprint density at radius 2 is 2.12 bits per heavy atom. The SMILES string of the molecule is CC(C)(C)N1CC(CNC(=O)C2CCCO2)C1. The van der Waals surface area contributed by atoms with Gasteiger partial charge in [0.2, 0.25) is 5.91 Å². The Balaban J connectivity index is 1.63. The van der Waals surface area contributed by atoms with Crippen LogP contribution in [0.15, 0.2) is 0 Å². The highest BCUT2D eigenvalue weighted by Crippen LogP contribution is 2.24. The van der Waals surface area contributed by atoms with Crippen LogP contribution >= 0.6 is 0 Å². The Hall–Kier alpha value is -0.610. The first kappa shape index (κ1) is 12.8. The van der Waals surface area contributed by atoms with Gasteiger partial charge in [-0.05, 0) is 33.6 Å². The summed E-state index contributed by atoms with van der Waals surface area (Å²) < 4.78 is 5.35. The Morgan fingerprint density at radius 3 is 2.65 bits per heavy atom. The van der Waals surface area contributed by atoms with Crippen LogP contribution in [0.3, 0.4) is 0 Å². The summed E-state index contributed by atoms with van der Waals surface area (Å²) in [4.78, 5) is 14.2. The quantitative estimate of drug-likeness (QED) is 0.800. The van der Waals surface area contributed by atoms with Gasteiger partial charge in [0.15, 0.2) is 0 Å². The van der Waals surface area contributed by atoms with Gasteiger partial charge in [-0.15, -0.1) is 0 Å². The van der Waals surface area contributed by atoms with Crippen molar-refractivity contribution in [2.75, 3.05) is 26.2 Å². The number of nitrogens with one attached hydrogen (secondary N) is 1. The number of carbonyl (C=O) groups is 1. The summed E-state index contributed by atoms with van der Waals surface area (Å²) in [5.41, 5.74) is 0.259. The highest BCUT2D eigenvalue weighted by Gasteiger charge is 2.34. The smallest absolute Gasteiger partial charge is 0.249 e. The minimum atomic E-state index is -0.186. The summed E-state index contributed by atoms with van der Waals surface area (Å²) in [6.45, 7) is 10.4. The number of carbonyl (C=O) groups excluding carboxylic acids is 1. The van der Waals surface area contributed by atoms with Crippen LogP contribution in [0.25, 0.3) is 0 Å². The number of rotatable bonds is 3. The third kappa shape index (κ3) is 3.19. The maximum atomic E-state index is 11.7. The van der Waals surface area contributed by atoms with Gasteiger partial charge in [-0.2, -0.15) is 0 Å². The monoisotopic (exact) mass is 240 g/mol. The van der Waals surface area contributed by atoms with Crippen molar-refractivity contribution < 1.29 is 9.53 Å². The third-order valence-corrected chi connectivity index (χ3v) is 3.69. The average Bonchev–Trinajstić information content (AvgIpc) is 2.65. The van der Waals surface area contributed by atoms with Crippen LogP contribution in [0.4, 0.5) is 0 Å². The van der Waals surface area contributed by atoms with Crippen molar-refractivity contribution in [3.63, 3.8) is 0 Å². The molecule has 1 N–H and O–H groups in total.